The first kappa shape index (κ1) is 16.8. The summed E-state index contributed by atoms with van der Waals surface area (Å²) in [6.07, 6.45) is 0.797. The number of aliphatic hydroxyl groups is 1. The lowest BCUT2D eigenvalue weighted by molar-refractivity contribution is -0.196. The van der Waals surface area contributed by atoms with E-state index < -0.39 is 23.0 Å². The van der Waals surface area contributed by atoms with Crippen molar-refractivity contribution in [2.75, 3.05) is 12.3 Å². The van der Waals surface area contributed by atoms with E-state index in [9.17, 15) is 19.8 Å². The topological polar surface area (TPSA) is 116 Å². The number of nitrogens with zero attached hydrogens (tertiary/aromatic N) is 2. The maximum atomic E-state index is 12.5. The van der Waals surface area contributed by atoms with Crippen LogP contribution in [0.25, 0.3) is 0 Å². The van der Waals surface area contributed by atoms with Gasteiger partial charge in [0.15, 0.2) is 0 Å². The molecule has 0 radical (unpaired) electrons. The monoisotopic (exact) mass is 327 g/mol. The molecule has 3 atom stereocenters. The number of thioether (sulfide) groups is 1. The molecule has 0 saturated carbocycles. The van der Waals surface area contributed by atoms with Crippen molar-refractivity contribution < 1.29 is 19.8 Å². The molecule has 0 aliphatic carbocycles. The van der Waals surface area contributed by atoms with Crippen molar-refractivity contribution in [2.45, 2.75) is 38.8 Å². The van der Waals surface area contributed by atoms with E-state index in [2.05, 4.69) is 4.99 Å². The van der Waals surface area contributed by atoms with E-state index in [1.54, 1.807) is 13.8 Å². The fourth-order valence-corrected chi connectivity index (χ4v) is 4.40. The molecule has 1 amide bonds. The number of carbonyl (C=O) groups excluding carboxylic acids is 1. The molecular formula is C14H21N3O4S. The molecule has 0 spiro atoms. The van der Waals surface area contributed by atoms with Crippen LogP contribution < -0.4 is 5.73 Å². The number of aliphatic hydroxyl groups excluding tert-OH is 1. The molecule has 0 unspecified atom stereocenters. The van der Waals surface area contributed by atoms with Gasteiger partial charge < -0.3 is 15.9 Å². The molecule has 0 aromatic heterocycles. The molecule has 1 fully saturated rings. The van der Waals surface area contributed by atoms with E-state index >= 15 is 0 Å². The van der Waals surface area contributed by atoms with Gasteiger partial charge in [0, 0.05) is 17.1 Å². The number of carboxylic acids is 1. The summed E-state index contributed by atoms with van der Waals surface area (Å²) in [7, 11) is 0. The van der Waals surface area contributed by atoms with Crippen LogP contribution in [0.5, 0.6) is 0 Å². The quantitative estimate of drug-likeness (QED) is 0.281. The molecule has 8 heteroatoms. The number of nitrogens with two attached hydrogens (primary N) is 1. The fourth-order valence-electron chi connectivity index (χ4n) is 3.26. The van der Waals surface area contributed by atoms with Gasteiger partial charge in [-0.25, -0.2) is 4.79 Å². The third kappa shape index (κ3) is 2.04. The Labute approximate surface area is 133 Å². The van der Waals surface area contributed by atoms with Gasteiger partial charge in [-0.15, -0.1) is 11.8 Å². The maximum absolute atomic E-state index is 12.5. The summed E-state index contributed by atoms with van der Waals surface area (Å²) in [5, 5.41) is 19.5. The highest BCUT2D eigenvalue weighted by molar-refractivity contribution is 8.03. The Kier molecular flexibility index (Phi) is 4.27. The van der Waals surface area contributed by atoms with Gasteiger partial charge in [0.2, 0.25) is 5.91 Å². The second kappa shape index (κ2) is 5.58. The summed E-state index contributed by atoms with van der Waals surface area (Å²) in [5.41, 5.74) is 3.54. The molecule has 122 valence electrons. The second-order valence-corrected chi connectivity index (χ2v) is 7.14. The molecular weight excluding hydrogens is 306 g/mol. The standard InChI is InChI=1S/C14H21N3O4S/c1-8(18)14(3)12(21)17-10(11(19)20)9(6-13(14,17)2)22-5-4-16-7-15/h7-8,18H,4-6H2,1-3H3,(H2,15,16)(H,19,20)/t8-,13-,14+/m1/s1. The summed E-state index contributed by atoms with van der Waals surface area (Å²) in [5.74, 6) is -0.865. The normalized spacial score (nSPS) is 32.4. The predicted molar refractivity (Wildman–Crippen MR) is 84.3 cm³/mol. The number of rotatable bonds is 6. The average Bonchev–Trinajstić information content (AvgIpc) is 2.73. The Morgan fingerprint density at radius 2 is 2.23 bits per heavy atom. The zero-order valence-corrected chi connectivity index (χ0v) is 13.7. The molecule has 2 aliphatic heterocycles. The van der Waals surface area contributed by atoms with Crippen LogP contribution in [0, 0.1) is 5.41 Å². The van der Waals surface area contributed by atoms with Gasteiger partial charge in [-0.2, -0.15) is 0 Å². The SMILES string of the molecule is C[C@@H](O)[C@@]1(C)C(=O)N2C(C(=O)O)=C(SCCN=CN)C[C@@]21C. The minimum atomic E-state index is -1.12. The molecule has 22 heavy (non-hydrogen) atoms. The van der Waals surface area contributed by atoms with Crippen LogP contribution in [0.2, 0.25) is 0 Å². The van der Waals surface area contributed by atoms with Crippen LogP contribution in [-0.2, 0) is 9.59 Å². The fraction of sp³-hybridized carbons (Fsp3) is 0.643. The minimum absolute atomic E-state index is 0.0346. The number of carboxylic acid groups (broad SMARTS) is 1. The third-order valence-corrected chi connectivity index (χ3v) is 5.97. The van der Waals surface area contributed by atoms with Crippen LogP contribution in [-0.4, -0.2) is 57.3 Å². The van der Waals surface area contributed by atoms with Crippen LogP contribution in [0.3, 0.4) is 0 Å². The Morgan fingerprint density at radius 3 is 2.73 bits per heavy atom. The number of aliphatic carboxylic acids is 1. The molecule has 2 aliphatic rings. The molecule has 4 N–H and O–H groups in total. The van der Waals surface area contributed by atoms with E-state index in [0.717, 1.165) is 0 Å². The Bertz CT molecular complexity index is 574. The highest BCUT2D eigenvalue weighted by Crippen LogP contribution is 2.60. The molecule has 7 nitrogen and oxygen atoms in total. The number of hydrogen-bond acceptors (Lipinski definition) is 5. The maximum Gasteiger partial charge on any atom is 0.353 e. The van der Waals surface area contributed by atoms with Crippen molar-refractivity contribution in [3.63, 3.8) is 0 Å². The van der Waals surface area contributed by atoms with Gasteiger partial charge in [0.1, 0.15) is 5.70 Å². The van der Waals surface area contributed by atoms with Gasteiger partial charge in [-0.3, -0.25) is 14.7 Å². The number of carbonyl (C=O) groups is 2. The van der Waals surface area contributed by atoms with E-state index in [-0.39, 0.29) is 11.6 Å². The van der Waals surface area contributed by atoms with Gasteiger partial charge in [-0.1, -0.05) is 0 Å². The van der Waals surface area contributed by atoms with Crippen LogP contribution >= 0.6 is 11.8 Å². The number of amides is 1. The van der Waals surface area contributed by atoms with Crippen LogP contribution in [0.1, 0.15) is 27.2 Å². The third-order valence-electron chi connectivity index (χ3n) is 4.89. The second-order valence-electron chi connectivity index (χ2n) is 5.95. The van der Waals surface area contributed by atoms with Crippen molar-refractivity contribution in [3.8, 4) is 0 Å². The van der Waals surface area contributed by atoms with Crippen LogP contribution in [0.4, 0.5) is 0 Å². The van der Waals surface area contributed by atoms with Crippen molar-refractivity contribution in [3.05, 3.63) is 10.6 Å². The molecule has 0 aromatic rings. The van der Waals surface area contributed by atoms with Crippen molar-refractivity contribution in [1.29, 1.82) is 0 Å². The van der Waals surface area contributed by atoms with E-state index in [0.29, 0.717) is 23.6 Å². The lowest BCUT2D eigenvalue weighted by atomic mass is 9.59. The number of hydrogen-bond donors (Lipinski definition) is 3. The van der Waals surface area contributed by atoms with Crippen molar-refractivity contribution in [1.82, 2.24) is 4.90 Å². The molecule has 2 heterocycles. The Morgan fingerprint density at radius 1 is 1.59 bits per heavy atom. The summed E-state index contributed by atoms with van der Waals surface area (Å²) in [4.78, 5) is 29.9. The first-order chi connectivity index (χ1) is 10.2. The molecule has 2 rings (SSSR count). The highest BCUT2D eigenvalue weighted by Gasteiger charge is 2.72. The van der Waals surface area contributed by atoms with E-state index in [1.165, 1.54) is 23.0 Å². The largest absolute Gasteiger partial charge is 0.477 e. The summed E-state index contributed by atoms with van der Waals surface area (Å²) in [6, 6.07) is 0. The van der Waals surface area contributed by atoms with Crippen molar-refractivity contribution in [2.24, 2.45) is 16.1 Å². The Hall–Kier alpha value is -1.54. The summed E-state index contributed by atoms with van der Waals surface area (Å²) >= 11 is 1.37. The zero-order chi connectivity index (χ0) is 16.7. The number of aliphatic imine (C=N–C) groups is 1. The number of β-lactam (4-membered cyclic amide) rings is 1. The lowest BCUT2D eigenvalue weighted by Crippen LogP contribution is -2.76. The van der Waals surface area contributed by atoms with E-state index in [4.69, 9.17) is 5.73 Å². The molecule has 0 bridgehead atoms. The number of fused-ring (bicyclic) bond motifs is 1. The first-order valence-corrected chi connectivity index (χ1v) is 8.02. The molecule has 1 saturated heterocycles. The lowest BCUT2D eigenvalue weighted by Gasteiger charge is -2.60. The highest BCUT2D eigenvalue weighted by atomic mass is 32.2. The smallest absolute Gasteiger partial charge is 0.353 e. The summed E-state index contributed by atoms with van der Waals surface area (Å²) in [6.45, 7) is 5.58. The average molecular weight is 327 g/mol. The Balaban J connectivity index is 2.29. The predicted octanol–water partition coefficient (Wildman–Crippen LogP) is 0.395. The zero-order valence-electron chi connectivity index (χ0n) is 12.9. The van der Waals surface area contributed by atoms with Gasteiger partial charge in [0.25, 0.3) is 0 Å². The van der Waals surface area contributed by atoms with Gasteiger partial charge in [0.05, 0.1) is 29.9 Å². The van der Waals surface area contributed by atoms with Gasteiger partial charge in [-0.05, 0) is 20.8 Å². The van der Waals surface area contributed by atoms with Gasteiger partial charge >= 0.3 is 5.97 Å². The van der Waals surface area contributed by atoms with Crippen LogP contribution in [0.15, 0.2) is 15.6 Å². The molecule has 0 aromatic carbocycles. The summed E-state index contributed by atoms with van der Waals surface area (Å²) < 4.78 is 0. The first-order valence-electron chi connectivity index (χ1n) is 7.03. The minimum Gasteiger partial charge on any atom is -0.477 e. The van der Waals surface area contributed by atoms with Crippen molar-refractivity contribution >= 4 is 30.0 Å². The van der Waals surface area contributed by atoms with E-state index in [1.807, 2.05) is 6.92 Å².